The van der Waals surface area contributed by atoms with Crippen molar-refractivity contribution in [3.05, 3.63) is 29.8 Å². The third-order valence-corrected chi connectivity index (χ3v) is 2.42. The molecule has 3 nitrogen and oxygen atoms in total. The highest BCUT2D eigenvalue weighted by atomic mass is 19.4. The Balaban J connectivity index is 2.10. The van der Waals surface area contributed by atoms with Crippen molar-refractivity contribution in [1.82, 2.24) is 5.32 Å². The van der Waals surface area contributed by atoms with Crippen LogP contribution in [0.3, 0.4) is 0 Å². The number of nitrogens with one attached hydrogen (secondary N) is 1. The van der Waals surface area contributed by atoms with Crippen LogP contribution in [0, 0.1) is 0 Å². The predicted molar refractivity (Wildman–Crippen MR) is 54.7 cm³/mol. The summed E-state index contributed by atoms with van der Waals surface area (Å²) in [5, 5.41) is 3.16. The van der Waals surface area contributed by atoms with Crippen molar-refractivity contribution in [2.75, 3.05) is 19.8 Å². The van der Waals surface area contributed by atoms with Crippen molar-refractivity contribution in [1.29, 1.82) is 0 Å². The second-order valence-corrected chi connectivity index (χ2v) is 3.70. The average molecular weight is 247 g/mol. The Bertz CT molecular complexity index is 375. The molecule has 1 aromatic carbocycles. The van der Waals surface area contributed by atoms with E-state index in [1.165, 1.54) is 18.2 Å². The van der Waals surface area contributed by atoms with Crippen molar-refractivity contribution in [2.45, 2.75) is 12.4 Å². The molecule has 1 heterocycles. The van der Waals surface area contributed by atoms with E-state index in [1.54, 1.807) is 6.07 Å². The van der Waals surface area contributed by atoms with Crippen molar-refractivity contribution < 1.29 is 22.6 Å². The van der Waals surface area contributed by atoms with Crippen LogP contribution in [-0.4, -0.2) is 26.1 Å². The van der Waals surface area contributed by atoms with Gasteiger partial charge in [0, 0.05) is 6.54 Å². The highest BCUT2D eigenvalue weighted by Crippen LogP contribution is 2.26. The fourth-order valence-corrected chi connectivity index (χ4v) is 1.71. The molecule has 0 aliphatic carbocycles. The van der Waals surface area contributed by atoms with Crippen LogP contribution >= 0.6 is 0 Å². The minimum absolute atomic E-state index is 0.0828. The van der Waals surface area contributed by atoms with Gasteiger partial charge in [-0.25, -0.2) is 0 Å². The van der Waals surface area contributed by atoms with Crippen LogP contribution in [0.5, 0.6) is 5.75 Å². The van der Waals surface area contributed by atoms with Gasteiger partial charge >= 0.3 is 6.36 Å². The van der Waals surface area contributed by atoms with Crippen LogP contribution in [0.1, 0.15) is 11.6 Å². The maximum Gasteiger partial charge on any atom is 0.573 e. The van der Waals surface area contributed by atoms with E-state index in [2.05, 4.69) is 10.1 Å². The Morgan fingerprint density at radius 2 is 2.18 bits per heavy atom. The molecule has 2 rings (SSSR count). The zero-order chi connectivity index (χ0) is 12.3. The number of rotatable bonds is 2. The molecule has 0 amide bonds. The van der Waals surface area contributed by atoms with Gasteiger partial charge in [-0.05, 0) is 17.7 Å². The normalized spacial score (nSPS) is 21.2. The Kier molecular flexibility index (Phi) is 3.54. The van der Waals surface area contributed by atoms with E-state index in [9.17, 15) is 13.2 Å². The van der Waals surface area contributed by atoms with Crippen molar-refractivity contribution >= 4 is 0 Å². The zero-order valence-electron chi connectivity index (χ0n) is 8.96. The lowest BCUT2D eigenvalue weighted by Crippen LogP contribution is -2.34. The summed E-state index contributed by atoms with van der Waals surface area (Å²) in [6.07, 6.45) is -4.66. The van der Waals surface area contributed by atoms with E-state index in [0.29, 0.717) is 19.8 Å². The minimum Gasteiger partial charge on any atom is -0.406 e. The molecule has 1 aromatic rings. The molecule has 1 fully saturated rings. The lowest BCUT2D eigenvalue weighted by molar-refractivity contribution is -0.274. The number of halogens is 3. The molecule has 1 atom stereocenters. The first kappa shape index (κ1) is 12.2. The number of hydrogen-bond acceptors (Lipinski definition) is 3. The fraction of sp³-hybridized carbons (Fsp3) is 0.455. The summed E-state index contributed by atoms with van der Waals surface area (Å²) in [4.78, 5) is 0. The molecule has 0 saturated carbocycles. The van der Waals surface area contributed by atoms with Crippen LogP contribution in [0.4, 0.5) is 13.2 Å². The minimum atomic E-state index is -4.66. The second kappa shape index (κ2) is 4.93. The van der Waals surface area contributed by atoms with E-state index < -0.39 is 6.36 Å². The Morgan fingerprint density at radius 1 is 1.35 bits per heavy atom. The summed E-state index contributed by atoms with van der Waals surface area (Å²) in [6.45, 7) is 1.76. The summed E-state index contributed by atoms with van der Waals surface area (Å²) in [6, 6.07) is 5.85. The van der Waals surface area contributed by atoms with Crippen molar-refractivity contribution in [3.8, 4) is 5.75 Å². The van der Waals surface area contributed by atoms with Crippen molar-refractivity contribution in [3.63, 3.8) is 0 Å². The lowest BCUT2D eigenvalue weighted by atomic mass is 10.1. The Morgan fingerprint density at radius 3 is 2.82 bits per heavy atom. The summed E-state index contributed by atoms with van der Waals surface area (Å²) in [7, 11) is 0. The standard InChI is InChI=1S/C11H12F3NO2/c12-11(13,14)17-9-3-1-2-8(6-9)10-7-16-5-4-15-10/h1-3,6,10,15H,4-5,7H2/t10-/m1/s1. The number of hydrogen-bond donors (Lipinski definition) is 1. The molecular weight excluding hydrogens is 235 g/mol. The molecule has 0 spiro atoms. The van der Waals surface area contributed by atoms with Crippen LogP contribution in [0.25, 0.3) is 0 Å². The first-order chi connectivity index (χ1) is 8.04. The van der Waals surface area contributed by atoms with E-state index in [-0.39, 0.29) is 11.8 Å². The van der Waals surface area contributed by atoms with Gasteiger partial charge in [-0.15, -0.1) is 13.2 Å². The quantitative estimate of drug-likeness (QED) is 0.869. The second-order valence-electron chi connectivity index (χ2n) is 3.70. The molecule has 1 aliphatic rings. The first-order valence-electron chi connectivity index (χ1n) is 5.21. The van der Waals surface area contributed by atoms with Gasteiger partial charge in [-0.1, -0.05) is 12.1 Å². The largest absolute Gasteiger partial charge is 0.573 e. The van der Waals surface area contributed by atoms with E-state index in [4.69, 9.17) is 4.74 Å². The highest BCUT2D eigenvalue weighted by Gasteiger charge is 2.31. The maximum absolute atomic E-state index is 12.1. The van der Waals surface area contributed by atoms with Crippen molar-refractivity contribution in [2.24, 2.45) is 0 Å². The molecule has 0 radical (unpaired) electrons. The zero-order valence-corrected chi connectivity index (χ0v) is 8.96. The SMILES string of the molecule is FC(F)(F)Oc1cccc([C@H]2COCCN2)c1. The Hall–Kier alpha value is -1.27. The van der Waals surface area contributed by atoms with Crippen LogP contribution < -0.4 is 10.1 Å². The van der Waals surface area contributed by atoms with Gasteiger partial charge in [0.15, 0.2) is 0 Å². The van der Waals surface area contributed by atoms with Gasteiger partial charge in [0.2, 0.25) is 0 Å². The number of morpholine rings is 1. The van der Waals surface area contributed by atoms with Crippen LogP contribution in [0.2, 0.25) is 0 Å². The van der Waals surface area contributed by atoms with Crippen LogP contribution in [0.15, 0.2) is 24.3 Å². The number of alkyl halides is 3. The van der Waals surface area contributed by atoms with Gasteiger partial charge in [0.25, 0.3) is 0 Å². The molecule has 1 saturated heterocycles. The smallest absolute Gasteiger partial charge is 0.406 e. The maximum atomic E-state index is 12.1. The molecule has 94 valence electrons. The van der Waals surface area contributed by atoms with E-state index in [0.717, 1.165) is 5.56 Å². The molecular formula is C11H12F3NO2. The molecule has 0 aromatic heterocycles. The van der Waals surface area contributed by atoms with Gasteiger partial charge in [0.05, 0.1) is 19.3 Å². The highest BCUT2D eigenvalue weighted by molar-refractivity contribution is 5.31. The summed E-state index contributed by atoms with van der Waals surface area (Å²) in [5.41, 5.74) is 0.728. The third-order valence-electron chi connectivity index (χ3n) is 2.42. The molecule has 1 aliphatic heterocycles. The van der Waals surface area contributed by atoms with E-state index >= 15 is 0 Å². The van der Waals surface area contributed by atoms with Gasteiger partial charge in [0.1, 0.15) is 5.75 Å². The van der Waals surface area contributed by atoms with Gasteiger partial charge in [-0.3, -0.25) is 0 Å². The third kappa shape index (κ3) is 3.61. The molecule has 1 N–H and O–H groups in total. The topological polar surface area (TPSA) is 30.5 Å². The molecule has 0 unspecified atom stereocenters. The van der Waals surface area contributed by atoms with E-state index in [1.807, 2.05) is 0 Å². The molecule has 6 heteroatoms. The number of ether oxygens (including phenoxy) is 2. The molecule has 17 heavy (non-hydrogen) atoms. The number of benzene rings is 1. The Labute approximate surface area is 96.5 Å². The lowest BCUT2D eigenvalue weighted by Gasteiger charge is -2.24. The monoisotopic (exact) mass is 247 g/mol. The molecule has 0 bridgehead atoms. The summed E-state index contributed by atoms with van der Waals surface area (Å²) < 4.78 is 45.3. The van der Waals surface area contributed by atoms with Crippen LogP contribution in [-0.2, 0) is 4.74 Å². The summed E-state index contributed by atoms with van der Waals surface area (Å²) >= 11 is 0. The first-order valence-corrected chi connectivity index (χ1v) is 5.21. The van der Waals surface area contributed by atoms with Gasteiger partial charge in [-0.2, -0.15) is 0 Å². The predicted octanol–water partition coefficient (Wildman–Crippen LogP) is 2.25. The average Bonchev–Trinajstić information content (AvgIpc) is 2.28. The summed E-state index contributed by atoms with van der Waals surface area (Å²) in [5.74, 6) is -0.206. The fourth-order valence-electron chi connectivity index (χ4n) is 1.71. The van der Waals surface area contributed by atoms with Gasteiger partial charge < -0.3 is 14.8 Å².